The van der Waals surface area contributed by atoms with Gasteiger partial charge in [0.2, 0.25) is 0 Å². The highest BCUT2D eigenvalue weighted by Gasteiger charge is 2.12. The quantitative estimate of drug-likeness (QED) is 0.573. The van der Waals surface area contributed by atoms with Crippen LogP contribution in [0.4, 0.5) is 0 Å². The van der Waals surface area contributed by atoms with Gasteiger partial charge >= 0.3 is 0 Å². The molecule has 0 saturated heterocycles. The minimum Gasteiger partial charge on any atom is -0.337 e. The molecule has 2 aromatic heterocycles. The largest absolute Gasteiger partial charge is 0.337 e. The number of rotatable bonds is 1. The molecule has 0 spiro atoms. The van der Waals surface area contributed by atoms with Crippen LogP contribution in [0.15, 0.2) is 36.4 Å². The molecule has 22 heavy (non-hydrogen) atoms. The SMILES string of the molecule is Cc1cc2nc(C)c(-c3nc4ccccc4[nH]3)nc2cc1C. The highest BCUT2D eigenvalue weighted by atomic mass is 15.0. The number of nitrogens with zero attached hydrogens (tertiary/aromatic N) is 3. The molecule has 0 fully saturated rings. The minimum atomic E-state index is 0.770. The molecule has 0 unspecified atom stereocenters. The number of aromatic amines is 1. The molecule has 0 amide bonds. The van der Waals surface area contributed by atoms with Gasteiger partial charge in [-0.2, -0.15) is 0 Å². The first-order valence-electron chi connectivity index (χ1n) is 7.32. The fraction of sp³-hybridized carbons (Fsp3) is 0.167. The molecule has 2 heterocycles. The number of aryl methyl sites for hydroxylation is 3. The van der Waals surface area contributed by atoms with E-state index in [1.165, 1.54) is 11.1 Å². The van der Waals surface area contributed by atoms with Gasteiger partial charge in [-0.15, -0.1) is 0 Å². The van der Waals surface area contributed by atoms with Gasteiger partial charge in [0.25, 0.3) is 0 Å². The van der Waals surface area contributed by atoms with E-state index in [1.807, 2.05) is 31.2 Å². The van der Waals surface area contributed by atoms with Gasteiger partial charge in [-0.05, 0) is 56.2 Å². The van der Waals surface area contributed by atoms with Crippen molar-refractivity contribution >= 4 is 22.1 Å². The summed E-state index contributed by atoms with van der Waals surface area (Å²) in [4.78, 5) is 17.4. The zero-order chi connectivity index (χ0) is 15.3. The average Bonchev–Trinajstić information content (AvgIpc) is 2.92. The lowest BCUT2D eigenvalue weighted by molar-refractivity contribution is 1.15. The first kappa shape index (κ1) is 13.0. The summed E-state index contributed by atoms with van der Waals surface area (Å²) in [6, 6.07) is 12.2. The Kier molecular flexibility index (Phi) is 2.73. The Morgan fingerprint density at radius 3 is 2.18 bits per heavy atom. The Balaban J connectivity index is 1.97. The Labute approximate surface area is 128 Å². The van der Waals surface area contributed by atoms with Gasteiger partial charge in [0.15, 0.2) is 5.82 Å². The summed E-state index contributed by atoms with van der Waals surface area (Å²) in [5.41, 5.74) is 7.95. The van der Waals surface area contributed by atoms with Crippen LogP contribution >= 0.6 is 0 Å². The van der Waals surface area contributed by atoms with Crippen molar-refractivity contribution in [1.29, 1.82) is 0 Å². The van der Waals surface area contributed by atoms with Crippen LogP contribution in [-0.4, -0.2) is 19.9 Å². The van der Waals surface area contributed by atoms with E-state index in [-0.39, 0.29) is 0 Å². The fourth-order valence-corrected chi connectivity index (χ4v) is 2.69. The topological polar surface area (TPSA) is 54.5 Å². The summed E-state index contributed by atoms with van der Waals surface area (Å²) in [6.07, 6.45) is 0. The zero-order valence-electron chi connectivity index (χ0n) is 12.8. The summed E-state index contributed by atoms with van der Waals surface area (Å²) in [5, 5.41) is 0. The summed E-state index contributed by atoms with van der Waals surface area (Å²) in [7, 11) is 0. The number of hydrogen-bond donors (Lipinski definition) is 1. The molecule has 0 radical (unpaired) electrons. The zero-order valence-corrected chi connectivity index (χ0v) is 12.8. The second-order valence-corrected chi connectivity index (χ2v) is 5.69. The van der Waals surface area contributed by atoms with Gasteiger partial charge in [-0.1, -0.05) is 12.1 Å². The lowest BCUT2D eigenvalue weighted by Crippen LogP contribution is -1.97. The third-order valence-corrected chi connectivity index (χ3v) is 4.07. The number of H-pyrrole nitrogens is 1. The van der Waals surface area contributed by atoms with Crippen molar-refractivity contribution < 1.29 is 0 Å². The van der Waals surface area contributed by atoms with Crippen molar-refractivity contribution in [2.75, 3.05) is 0 Å². The monoisotopic (exact) mass is 288 g/mol. The molecule has 0 atom stereocenters. The Morgan fingerprint density at radius 1 is 0.773 bits per heavy atom. The smallest absolute Gasteiger partial charge is 0.159 e. The van der Waals surface area contributed by atoms with Crippen molar-refractivity contribution in [3.8, 4) is 11.5 Å². The van der Waals surface area contributed by atoms with Gasteiger partial charge < -0.3 is 4.98 Å². The molecule has 108 valence electrons. The van der Waals surface area contributed by atoms with Crippen molar-refractivity contribution in [1.82, 2.24) is 19.9 Å². The second kappa shape index (κ2) is 4.63. The Morgan fingerprint density at radius 2 is 1.45 bits per heavy atom. The molecule has 4 aromatic rings. The molecule has 0 aliphatic carbocycles. The van der Waals surface area contributed by atoms with Gasteiger partial charge in [0.1, 0.15) is 5.69 Å². The molecular weight excluding hydrogens is 272 g/mol. The summed E-state index contributed by atoms with van der Waals surface area (Å²) in [6.45, 7) is 6.17. The maximum Gasteiger partial charge on any atom is 0.159 e. The molecule has 4 rings (SSSR count). The van der Waals surface area contributed by atoms with Gasteiger partial charge in [-0.3, -0.25) is 0 Å². The Hall–Kier alpha value is -2.75. The van der Waals surface area contributed by atoms with E-state index in [2.05, 4.69) is 35.9 Å². The molecule has 0 bridgehead atoms. The van der Waals surface area contributed by atoms with E-state index in [9.17, 15) is 0 Å². The third-order valence-electron chi connectivity index (χ3n) is 4.07. The maximum absolute atomic E-state index is 4.79. The summed E-state index contributed by atoms with van der Waals surface area (Å²) >= 11 is 0. The highest BCUT2D eigenvalue weighted by Crippen LogP contribution is 2.24. The first-order valence-corrected chi connectivity index (χ1v) is 7.32. The van der Waals surface area contributed by atoms with E-state index in [4.69, 9.17) is 9.97 Å². The van der Waals surface area contributed by atoms with Crippen LogP contribution in [0.25, 0.3) is 33.6 Å². The molecule has 1 N–H and O–H groups in total. The molecule has 0 aliphatic rings. The number of benzene rings is 2. The second-order valence-electron chi connectivity index (χ2n) is 5.69. The predicted molar refractivity (Wildman–Crippen MR) is 88.8 cm³/mol. The van der Waals surface area contributed by atoms with Crippen LogP contribution in [0.2, 0.25) is 0 Å². The molecule has 0 aliphatic heterocycles. The maximum atomic E-state index is 4.79. The minimum absolute atomic E-state index is 0.770. The number of imidazole rings is 1. The summed E-state index contributed by atoms with van der Waals surface area (Å²) in [5.74, 6) is 0.770. The molecule has 2 aromatic carbocycles. The van der Waals surface area contributed by atoms with Gasteiger partial charge in [0.05, 0.1) is 27.8 Å². The molecular formula is C18H16N4. The van der Waals surface area contributed by atoms with E-state index < -0.39 is 0 Å². The lowest BCUT2D eigenvalue weighted by Gasteiger charge is -2.07. The number of fused-ring (bicyclic) bond motifs is 2. The van der Waals surface area contributed by atoms with E-state index in [0.717, 1.165) is 39.3 Å². The van der Waals surface area contributed by atoms with Crippen LogP contribution in [0.5, 0.6) is 0 Å². The molecule has 4 heteroatoms. The van der Waals surface area contributed by atoms with Crippen LogP contribution < -0.4 is 0 Å². The summed E-state index contributed by atoms with van der Waals surface area (Å²) < 4.78 is 0. The fourth-order valence-electron chi connectivity index (χ4n) is 2.69. The first-order chi connectivity index (χ1) is 10.6. The predicted octanol–water partition coefficient (Wildman–Crippen LogP) is 4.10. The average molecular weight is 288 g/mol. The van der Waals surface area contributed by atoms with Crippen molar-refractivity contribution in [3.05, 3.63) is 53.2 Å². The van der Waals surface area contributed by atoms with Crippen molar-refractivity contribution in [2.24, 2.45) is 0 Å². The van der Waals surface area contributed by atoms with Gasteiger partial charge in [0, 0.05) is 0 Å². The molecule has 0 saturated carbocycles. The van der Waals surface area contributed by atoms with Crippen LogP contribution in [0, 0.1) is 20.8 Å². The Bertz CT molecular complexity index is 981. The van der Waals surface area contributed by atoms with E-state index >= 15 is 0 Å². The van der Waals surface area contributed by atoms with Gasteiger partial charge in [-0.25, -0.2) is 15.0 Å². The number of nitrogens with one attached hydrogen (secondary N) is 1. The van der Waals surface area contributed by atoms with Crippen LogP contribution in [-0.2, 0) is 0 Å². The van der Waals surface area contributed by atoms with E-state index in [0.29, 0.717) is 0 Å². The standard InChI is InChI=1S/C18H16N4/c1-10-8-15-16(9-11(10)2)20-17(12(3)19-15)18-21-13-6-4-5-7-14(13)22-18/h4-9H,1-3H3,(H,21,22). The highest BCUT2D eigenvalue weighted by molar-refractivity contribution is 5.82. The van der Waals surface area contributed by atoms with Crippen LogP contribution in [0.1, 0.15) is 16.8 Å². The molecule has 4 nitrogen and oxygen atoms in total. The van der Waals surface area contributed by atoms with Crippen LogP contribution in [0.3, 0.4) is 0 Å². The normalized spacial score (nSPS) is 11.4. The van der Waals surface area contributed by atoms with E-state index in [1.54, 1.807) is 0 Å². The number of para-hydroxylation sites is 2. The third kappa shape index (κ3) is 1.96. The lowest BCUT2D eigenvalue weighted by atomic mass is 10.1. The number of hydrogen-bond acceptors (Lipinski definition) is 3. The van der Waals surface area contributed by atoms with Crippen molar-refractivity contribution in [2.45, 2.75) is 20.8 Å². The number of aromatic nitrogens is 4. The van der Waals surface area contributed by atoms with Crippen molar-refractivity contribution in [3.63, 3.8) is 0 Å².